The smallest absolute Gasteiger partial charge is 0.324 e. The average Bonchev–Trinajstić information content (AvgIpc) is 3.34. The summed E-state index contributed by atoms with van der Waals surface area (Å²) in [5.41, 5.74) is 2.06. The van der Waals surface area contributed by atoms with Gasteiger partial charge in [-0.3, -0.25) is 9.36 Å². The van der Waals surface area contributed by atoms with Crippen molar-refractivity contribution in [2.24, 2.45) is 0 Å². The molecule has 1 aromatic heterocycles. The van der Waals surface area contributed by atoms with Crippen molar-refractivity contribution in [2.75, 3.05) is 6.16 Å². The number of nitrogens with zero attached hydrogens (tertiary/aromatic N) is 3. The van der Waals surface area contributed by atoms with Crippen LogP contribution in [0.5, 0.6) is 0 Å². The van der Waals surface area contributed by atoms with E-state index in [1.807, 2.05) is 91.0 Å². The topological polar surface area (TPSA) is 105 Å². The molecule has 3 aromatic carbocycles. The maximum atomic E-state index is 11.9. The Hall–Kier alpha value is -3.03. The number of carbonyl (C=O) groups is 1. The maximum Gasteiger partial charge on any atom is 0.325 e. The van der Waals surface area contributed by atoms with Gasteiger partial charge in [-0.05, 0) is 23.1 Å². The van der Waals surface area contributed by atoms with E-state index in [0.717, 1.165) is 28.5 Å². The number of carbonyl (C=O) groups excluding carboxylic acids is 1. The molecule has 1 atom stereocenters. The molecule has 0 aliphatic carbocycles. The van der Waals surface area contributed by atoms with Crippen LogP contribution in [0.1, 0.15) is 41.1 Å². The molecule has 0 fully saturated rings. The SMILES string of the molecule is CC(=O)SC(CCP(=O)(O)O)c1ncn(C(c2ccccc2)(c2ccccc2)c2ccccc2)n1. The molecule has 180 valence electrons. The van der Waals surface area contributed by atoms with Gasteiger partial charge < -0.3 is 9.79 Å². The van der Waals surface area contributed by atoms with Crippen molar-refractivity contribution in [1.82, 2.24) is 14.8 Å². The van der Waals surface area contributed by atoms with E-state index in [2.05, 4.69) is 4.98 Å². The first-order valence-corrected chi connectivity index (χ1v) is 13.8. The van der Waals surface area contributed by atoms with E-state index in [4.69, 9.17) is 5.10 Å². The fourth-order valence-corrected chi connectivity index (χ4v) is 5.87. The summed E-state index contributed by atoms with van der Waals surface area (Å²) >= 11 is 0.984. The van der Waals surface area contributed by atoms with Crippen LogP contribution in [0.25, 0.3) is 0 Å². The molecule has 9 heteroatoms. The number of benzene rings is 3. The zero-order valence-corrected chi connectivity index (χ0v) is 20.8. The van der Waals surface area contributed by atoms with Crippen molar-refractivity contribution in [3.05, 3.63) is 120 Å². The first-order valence-electron chi connectivity index (χ1n) is 11.1. The Morgan fingerprint density at radius 2 is 1.37 bits per heavy atom. The molecule has 35 heavy (non-hydrogen) atoms. The lowest BCUT2D eigenvalue weighted by Crippen LogP contribution is -2.38. The van der Waals surface area contributed by atoms with Crippen molar-refractivity contribution in [2.45, 2.75) is 24.1 Å². The summed E-state index contributed by atoms with van der Waals surface area (Å²) in [4.78, 5) is 35.3. The first-order chi connectivity index (χ1) is 16.8. The molecular weight excluding hydrogens is 481 g/mol. The van der Waals surface area contributed by atoms with Crippen LogP contribution in [0.15, 0.2) is 97.3 Å². The van der Waals surface area contributed by atoms with Crippen LogP contribution in [0.4, 0.5) is 0 Å². The highest BCUT2D eigenvalue weighted by atomic mass is 32.2. The molecule has 4 rings (SSSR count). The van der Waals surface area contributed by atoms with Crippen LogP contribution in [0.3, 0.4) is 0 Å². The minimum absolute atomic E-state index is 0.0769. The van der Waals surface area contributed by atoms with Crippen molar-refractivity contribution in [3.8, 4) is 0 Å². The summed E-state index contributed by atoms with van der Waals surface area (Å²) in [6.45, 7) is 1.42. The summed E-state index contributed by atoms with van der Waals surface area (Å²) < 4.78 is 13.3. The van der Waals surface area contributed by atoms with Crippen LogP contribution in [0, 0.1) is 0 Å². The zero-order chi connectivity index (χ0) is 24.9. The molecule has 0 radical (unpaired) electrons. The fourth-order valence-electron chi connectivity index (χ4n) is 4.25. The third-order valence-corrected chi connectivity index (χ3v) is 7.61. The van der Waals surface area contributed by atoms with Gasteiger partial charge in [0.25, 0.3) is 0 Å². The van der Waals surface area contributed by atoms with E-state index in [1.165, 1.54) is 6.92 Å². The monoisotopic (exact) mass is 507 g/mol. The maximum absolute atomic E-state index is 11.9. The largest absolute Gasteiger partial charge is 0.325 e. The Labute approximate surface area is 208 Å². The number of rotatable bonds is 9. The Morgan fingerprint density at radius 3 is 1.77 bits per heavy atom. The summed E-state index contributed by atoms with van der Waals surface area (Å²) in [7, 11) is -4.24. The van der Waals surface area contributed by atoms with Gasteiger partial charge in [-0.2, -0.15) is 5.10 Å². The standard InChI is InChI=1S/C26H26N3O4PS/c1-20(30)35-24(17-18-34(31,32)33)25-27-19-29(28-25)26(21-11-5-2-6-12-21,22-13-7-3-8-14-22)23-15-9-4-10-16-23/h2-16,19,24H,17-18H2,1H3,(H2,31,32,33). The molecule has 0 saturated carbocycles. The van der Waals surface area contributed by atoms with E-state index in [1.54, 1.807) is 11.0 Å². The molecular formula is C26H26N3O4PS. The highest BCUT2D eigenvalue weighted by Gasteiger charge is 2.40. The molecule has 1 unspecified atom stereocenters. The van der Waals surface area contributed by atoms with Gasteiger partial charge in [0, 0.05) is 6.92 Å². The molecule has 0 saturated heterocycles. The first kappa shape index (κ1) is 25.1. The lowest BCUT2D eigenvalue weighted by atomic mass is 9.77. The lowest BCUT2D eigenvalue weighted by Gasteiger charge is -2.36. The lowest BCUT2D eigenvalue weighted by molar-refractivity contribution is -0.109. The van der Waals surface area contributed by atoms with Gasteiger partial charge in [-0.25, -0.2) is 9.67 Å². The number of thioether (sulfide) groups is 1. The van der Waals surface area contributed by atoms with Gasteiger partial charge in [0.15, 0.2) is 10.9 Å². The van der Waals surface area contributed by atoms with Crippen molar-refractivity contribution < 1.29 is 19.1 Å². The third kappa shape index (κ3) is 5.63. The molecule has 1 heterocycles. The molecule has 0 bridgehead atoms. The second-order valence-electron chi connectivity index (χ2n) is 8.13. The Balaban J connectivity index is 1.91. The average molecular weight is 508 g/mol. The van der Waals surface area contributed by atoms with Gasteiger partial charge in [-0.1, -0.05) is 103 Å². The van der Waals surface area contributed by atoms with Gasteiger partial charge in [-0.15, -0.1) is 0 Å². The van der Waals surface area contributed by atoms with Crippen molar-refractivity contribution >= 4 is 24.5 Å². The predicted molar refractivity (Wildman–Crippen MR) is 137 cm³/mol. The molecule has 4 aromatic rings. The Morgan fingerprint density at radius 1 is 0.914 bits per heavy atom. The summed E-state index contributed by atoms with van der Waals surface area (Å²) in [6, 6.07) is 29.9. The molecule has 2 N–H and O–H groups in total. The molecule has 0 spiro atoms. The number of aromatic nitrogens is 3. The van der Waals surface area contributed by atoms with Gasteiger partial charge in [0.05, 0.1) is 11.4 Å². The normalized spacial score (nSPS) is 12.9. The second-order valence-corrected chi connectivity index (χ2v) is 11.3. The van der Waals surface area contributed by atoms with Crippen LogP contribution >= 0.6 is 19.4 Å². The summed E-state index contributed by atoms with van der Waals surface area (Å²) in [6.07, 6.45) is 1.36. The van der Waals surface area contributed by atoms with Gasteiger partial charge in [0.2, 0.25) is 0 Å². The second kappa shape index (κ2) is 10.7. The number of hydrogen-bond acceptors (Lipinski definition) is 5. The van der Waals surface area contributed by atoms with Crippen LogP contribution in [-0.2, 0) is 14.9 Å². The van der Waals surface area contributed by atoms with Crippen molar-refractivity contribution in [1.29, 1.82) is 0 Å². The molecule has 0 amide bonds. The minimum Gasteiger partial charge on any atom is -0.324 e. The van der Waals surface area contributed by atoms with Crippen molar-refractivity contribution in [3.63, 3.8) is 0 Å². The van der Waals surface area contributed by atoms with Crippen LogP contribution < -0.4 is 0 Å². The minimum atomic E-state index is -4.24. The Bertz CT molecular complexity index is 1210. The molecule has 0 aliphatic rings. The third-order valence-electron chi connectivity index (χ3n) is 5.71. The van der Waals surface area contributed by atoms with E-state index >= 15 is 0 Å². The highest BCUT2D eigenvalue weighted by molar-refractivity contribution is 8.13. The fraction of sp³-hybridized carbons (Fsp3) is 0.192. The zero-order valence-electron chi connectivity index (χ0n) is 19.1. The van der Waals surface area contributed by atoms with Gasteiger partial charge in [0.1, 0.15) is 11.9 Å². The van der Waals surface area contributed by atoms with E-state index < -0.39 is 18.4 Å². The molecule has 0 aliphatic heterocycles. The highest BCUT2D eigenvalue weighted by Crippen LogP contribution is 2.43. The predicted octanol–water partition coefficient (Wildman–Crippen LogP) is 5.01. The van der Waals surface area contributed by atoms with E-state index in [9.17, 15) is 19.1 Å². The van der Waals surface area contributed by atoms with E-state index in [0.29, 0.717) is 5.82 Å². The quantitative estimate of drug-likeness (QED) is 0.242. The number of hydrogen-bond donors (Lipinski definition) is 2. The Kier molecular flexibility index (Phi) is 7.67. The van der Waals surface area contributed by atoms with Crippen LogP contribution in [-0.4, -0.2) is 35.8 Å². The van der Waals surface area contributed by atoms with Gasteiger partial charge >= 0.3 is 7.60 Å². The molecule has 7 nitrogen and oxygen atoms in total. The summed E-state index contributed by atoms with van der Waals surface area (Å²) in [5.74, 6) is 0.353. The summed E-state index contributed by atoms with van der Waals surface area (Å²) in [5, 5.41) is 4.09. The van der Waals surface area contributed by atoms with E-state index in [-0.39, 0.29) is 17.7 Å². The van der Waals surface area contributed by atoms with Crippen LogP contribution in [0.2, 0.25) is 0 Å².